The van der Waals surface area contributed by atoms with E-state index in [2.05, 4.69) is 16.8 Å². The largest absolute Gasteiger partial charge is 0.491 e. The van der Waals surface area contributed by atoms with E-state index in [0.717, 1.165) is 5.69 Å². The number of amides is 1. The molecule has 0 bridgehead atoms. The van der Waals surface area contributed by atoms with Crippen LogP contribution < -0.4 is 9.64 Å². The second-order valence-electron chi connectivity index (χ2n) is 10.0. The zero-order chi connectivity index (χ0) is 26.6. The van der Waals surface area contributed by atoms with Gasteiger partial charge in [0.1, 0.15) is 24.2 Å². The molecule has 1 saturated heterocycles. The van der Waals surface area contributed by atoms with Crippen LogP contribution in [0, 0.1) is 10.1 Å². The minimum atomic E-state index is -0.788. The Labute approximate surface area is 215 Å². The van der Waals surface area contributed by atoms with Crippen molar-refractivity contribution in [2.24, 2.45) is 0 Å². The van der Waals surface area contributed by atoms with Gasteiger partial charge in [-0.25, -0.2) is 4.79 Å². The van der Waals surface area contributed by atoms with Crippen LogP contribution in [0.4, 0.5) is 16.3 Å². The first kappa shape index (κ1) is 27.5. The fourth-order valence-electron chi connectivity index (χ4n) is 3.98. The summed E-state index contributed by atoms with van der Waals surface area (Å²) in [5, 5.41) is 21.0. The van der Waals surface area contributed by atoms with Crippen molar-refractivity contribution in [3.05, 3.63) is 45.9 Å². The summed E-state index contributed by atoms with van der Waals surface area (Å²) >= 11 is 5.90. The van der Waals surface area contributed by atoms with Crippen molar-refractivity contribution < 1.29 is 24.3 Å². The monoisotopic (exact) mass is 523 g/mol. The first-order chi connectivity index (χ1) is 16.8. The molecule has 2 heterocycles. The number of aryl methyl sites for hydroxylation is 1. The molecular formula is C24H34ClN5O6. The molecule has 0 spiro atoms. The highest BCUT2D eigenvalue weighted by atomic mass is 35.5. The fraction of sp³-hybridized carbons (Fsp3) is 0.583. The molecule has 1 aromatic carbocycles. The van der Waals surface area contributed by atoms with Crippen LogP contribution in [0.5, 0.6) is 5.75 Å². The Bertz CT molecular complexity index is 1050. The number of halogens is 1. The molecule has 1 N–H and O–H groups in total. The molecule has 12 heteroatoms. The summed E-state index contributed by atoms with van der Waals surface area (Å²) < 4.78 is 12.7. The molecule has 1 aliphatic heterocycles. The van der Waals surface area contributed by atoms with E-state index < -0.39 is 16.6 Å². The van der Waals surface area contributed by atoms with E-state index >= 15 is 0 Å². The fourth-order valence-corrected chi connectivity index (χ4v) is 4.20. The van der Waals surface area contributed by atoms with Gasteiger partial charge in [0.05, 0.1) is 6.10 Å². The van der Waals surface area contributed by atoms with Gasteiger partial charge in [0.25, 0.3) is 0 Å². The molecule has 1 aromatic heterocycles. The minimum Gasteiger partial charge on any atom is -0.491 e. The van der Waals surface area contributed by atoms with E-state index in [0.29, 0.717) is 25.3 Å². The number of nitro groups is 1. The van der Waals surface area contributed by atoms with Crippen molar-refractivity contribution in [1.82, 2.24) is 14.5 Å². The molecule has 1 aliphatic rings. The number of anilines is 1. The van der Waals surface area contributed by atoms with Crippen LogP contribution in [-0.4, -0.2) is 74.1 Å². The average Bonchev–Trinajstić information content (AvgIpc) is 3.17. The molecule has 198 valence electrons. The molecule has 0 saturated carbocycles. The number of aromatic nitrogens is 2. The average molecular weight is 524 g/mol. The molecular weight excluding hydrogens is 490 g/mol. The lowest BCUT2D eigenvalue weighted by atomic mass is 10.1. The maximum Gasteiger partial charge on any atom is 0.410 e. The van der Waals surface area contributed by atoms with E-state index in [1.807, 2.05) is 52.0 Å². The molecule has 0 aliphatic carbocycles. The van der Waals surface area contributed by atoms with Gasteiger partial charge in [0, 0.05) is 37.4 Å². The lowest BCUT2D eigenvalue weighted by Crippen LogP contribution is -2.58. The van der Waals surface area contributed by atoms with Crippen LogP contribution in [0.2, 0.25) is 5.28 Å². The van der Waals surface area contributed by atoms with E-state index in [-0.39, 0.29) is 42.4 Å². The summed E-state index contributed by atoms with van der Waals surface area (Å²) in [4.78, 5) is 30.4. The van der Waals surface area contributed by atoms with Gasteiger partial charge in [0.2, 0.25) is 0 Å². The molecule has 1 fully saturated rings. The number of ether oxygens (including phenoxy) is 2. The van der Waals surface area contributed by atoms with Gasteiger partial charge in [-0.3, -0.25) is 4.57 Å². The number of carbonyl (C=O) groups excluding carboxylic acids is 1. The summed E-state index contributed by atoms with van der Waals surface area (Å²) in [6.45, 7) is 11.2. The molecule has 11 nitrogen and oxygen atoms in total. The second-order valence-corrected chi connectivity index (χ2v) is 10.4. The lowest BCUT2D eigenvalue weighted by molar-refractivity contribution is -0.389. The number of hydrogen-bond acceptors (Lipinski definition) is 8. The van der Waals surface area contributed by atoms with Crippen molar-refractivity contribution in [2.75, 3.05) is 24.6 Å². The number of nitrogens with zero attached hydrogens (tertiary/aromatic N) is 5. The van der Waals surface area contributed by atoms with Crippen molar-refractivity contribution in [1.29, 1.82) is 0 Å². The Balaban J connectivity index is 1.50. The van der Waals surface area contributed by atoms with Gasteiger partial charge in [-0.1, -0.05) is 0 Å². The highest BCUT2D eigenvalue weighted by Gasteiger charge is 2.34. The number of hydrogen-bond donors (Lipinski definition) is 1. The number of carbonyl (C=O) groups is 1. The molecule has 0 radical (unpaired) electrons. The molecule has 3 atom stereocenters. The molecule has 2 aromatic rings. The third-order valence-corrected chi connectivity index (χ3v) is 6.13. The highest BCUT2D eigenvalue weighted by molar-refractivity contribution is 6.28. The Hall–Kier alpha value is -3.05. The van der Waals surface area contributed by atoms with Crippen LogP contribution in [-0.2, 0) is 11.3 Å². The maximum atomic E-state index is 12.6. The normalized spacial score (nSPS) is 19.2. The zero-order valence-corrected chi connectivity index (χ0v) is 22.0. The number of aliphatic hydroxyl groups excluding tert-OH is 1. The van der Waals surface area contributed by atoms with Crippen LogP contribution >= 0.6 is 11.6 Å². The van der Waals surface area contributed by atoms with Gasteiger partial charge in [-0.05, 0) is 86.8 Å². The Morgan fingerprint density at radius 2 is 1.92 bits per heavy atom. The minimum absolute atomic E-state index is 0.000816. The van der Waals surface area contributed by atoms with Gasteiger partial charge in [0.15, 0.2) is 0 Å². The predicted octanol–water partition coefficient (Wildman–Crippen LogP) is 4.11. The van der Waals surface area contributed by atoms with Crippen LogP contribution in [0.3, 0.4) is 0 Å². The summed E-state index contributed by atoms with van der Waals surface area (Å²) in [5.41, 5.74) is 0.482. The molecule has 3 rings (SSSR count). The van der Waals surface area contributed by atoms with Gasteiger partial charge < -0.3 is 34.5 Å². The first-order valence-electron chi connectivity index (χ1n) is 11.9. The highest BCUT2D eigenvalue weighted by Crippen LogP contribution is 2.27. The summed E-state index contributed by atoms with van der Waals surface area (Å²) in [6.07, 6.45) is 0.452. The third-order valence-electron chi connectivity index (χ3n) is 5.83. The summed E-state index contributed by atoms with van der Waals surface area (Å²) in [7, 11) is 0. The van der Waals surface area contributed by atoms with Crippen molar-refractivity contribution >= 4 is 29.2 Å². The van der Waals surface area contributed by atoms with Gasteiger partial charge in [-0.2, -0.15) is 0 Å². The predicted molar refractivity (Wildman–Crippen MR) is 136 cm³/mol. The maximum absolute atomic E-state index is 12.6. The van der Waals surface area contributed by atoms with Crippen LogP contribution in [0.15, 0.2) is 30.5 Å². The number of rotatable bonds is 8. The third kappa shape index (κ3) is 7.23. The quantitative estimate of drug-likeness (QED) is 0.405. The number of aliphatic hydroxyl groups is 1. The van der Waals surface area contributed by atoms with E-state index in [1.54, 1.807) is 4.90 Å². The SMILES string of the molecule is C[C@@H]1CN(c2ccc(OCC(O)CCn3cc([N+](=O)[O-])nc3Cl)cc2)[C@@H](C)CN1C(=O)OC(C)(C)C. The first-order valence-corrected chi connectivity index (χ1v) is 12.3. The molecule has 36 heavy (non-hydrogen) atoms. The Kier molecular flexibility index (Phi) is 8.67. The summed E-state index contributed by atoms with van der Waals surface area (Å²) in [5.74, 6) is 0.281. The summed E-state index contributed by atoms with van der Waals surface area (Å²) in [6, 6.07) is 7.70. The van der Waals surface area contributed by atoms with E-state index in [1.165, 1.54) is 10.8 Å². The standard InChI is InChI=1S/C24H34ClN5O6/c1-16-13-29(23(32)36-24(3,4)5)17(2)12-28(16)18-6-8-20(9-7-18)35-15-19(31)10-11-27-14-21(30(33)34)26-22(27)25/h6-9,14,16-17,19,31H,10-13,15H2,1-5H3/t16-,17+,19?/m0/s1. The van der Waals surface area contributed by atoms with E-state index in [9.17, 15) is 20.0 Å². The number of imidazole rings is 1. The van der Waals surface area contributed by atoms with E-state index in [4.69, 9.17) is 21.1 Å². The zero-order valence-electron chi connectivity index (χ0n) is 21.3. The Morgan fingerprint density at radius 3 is 2.50 bits per heavy atom. The number of benzene rings is 1. The van der Waals surface area contributed by atoms with Gasteiger partial charge >= 0.3 is 17.2 Å². The van der Waals surface area contributed by atoms with Crippen LogP contribution in [0.1, 0.15) is 41.0 Å². The topological polar surface area (TPSA) is 123 Å². The Morgan fingerprint density at radius 1 is 1.25 bits per heavy atom. The van der Waals surface area contributed by atoms with Crippen LogP contribution in [0.25, 0.3) is 0 Å². The van der Waals surface area contributed by atoms with Gasteiger partial charge in [-0.15, -0.1) is 0 Å². The lowest BCUT2D eigenvalue weighted by Gasteiger charge is -2.45. The smallest absolute Gasteiger partial charge is 0.410 e. The molecule has 1 unspecified atom stereocenters. The number of piperazine rings is 1. The van der Waals surface area contributed by atoms with Crippen molar-refractivity contribution in [3.63, 3.8) is 0 Å². The van der Waals surface area contributed by atoms with Crippen molar-refractivity contribution in [2.45, 2.75) is 71.4 Å². The molecule has 1 amide bonds. The van der Waals surface area contributed by atoms with Crippen molar-refractivity contribution in [3.8, 4) is 5.75 Å². The second kappa shape index (κ2) is 11.3.